The number of nitrogens with zero attached hydrogens (tertiary/aromatic N) is 2. The van der Waals surface area contributed by atoms with Crippen molar-refractivity contribution in [2.24, 2.45) is 10.9 Å². The van der Waals surface area contributed by atoms with Gasteiger partial charge in [0.1, 0.15) is 0 Å². The Morgan fingerprint density at radius 2 is 1.93 bits per heavy atom. The van der Waals surface area contributed by atoms with Gasteiger partial charge in [-0.2, -0.15) is 0 Å². The molecule has 2 aliphatic rings. The molecule has 0 amide bonds. The van der Waals surface area contributed by atoms with Crippen LogP contribution in [0.5, 0.6) is 0 Å². The van der Waals surface area contributed by atoms with E-state index < -0.39 is 0 Å². The molecule has 2 atom stereocenters. The summed E-state index contributed by atoms with van der Waals surface area (Å²) >= 11 is 3.49. The molecular formula is C20H29BrIN3O2. The number of carbonyl (C=O) groups is 1. The number of nitrogens with one attached hydrogen (secondary N) is 1. The first-order chi connectivity index (χ1) is 12.6. The van der Waals surface area contributed by atoms with Gasteiger partial charge in [-0.05, 0) is 50.8 Å². The van der Waals surface area contributed by atoms with E-state index in [0.717, 1.165) is 49.3 Å². The maximum Gasteiger partial charge on any atom is 0.309 e. The molecule has 0 bridgehead atoms. The molecule has 1 aromatic carbocycles. The van der Waals surface area contributed by atoms with Gasteiger partial charge in [-0.1, -0.05) is 28.1 Å². The van der Waals surface area contributed by atoms with Gasteiger partial charge >= 0.3 is 5.97 Å². The van der Waals surface area contributed by atoms with Crippen molar-refractivity contribution in [3.8, 4) is 0 Å². The van der Waals surface area contributed by atoms with Crippen molar-refractivity contribution < 1.29 is 9.53 Å². The molecule has 1 aliphatic carbocycles. The van der Waals surface area contributed by atoms with Gasteiger partial charge in [-0.25, -0.2) is 0 Å². The Hall–Kier alpha value is -0.830. The predicted octanol–water partition coefficient (Wildman–Crippen LogP) is 4.16. The summed E-state index contributed by atoms with van der Waals surface area (Å²) in [4.78, 5) is 18.9. The minimum atomic E-state index is -0.0495. The molecule has 1 aliphatic heterocycles. The first-order valence-electron chi connectivity index (χ1n) is 9.60. The fourth-order valence-electron chi connectivity index (χ4n) is 3.57. The molecule has 7 heteroatoms. The molecule has 0 radical (unpaired) electrons. The number of guanidine groups is 1. The summed E-state index contributed by atoms with van der Waals surface area (Å²) in [6.07, 6.45) is 2.82. The number of hydrogen-bond donors (Lipinski definition) is 1. The molecule has 1 saturated carbocycles. The van der Waals surface area contributed by atoms with Crippen molar-refractivity contribution in [2.75, 3.05) is 26.2 Å². The Morgan fingerprint density at radius 1 is 1.26 bits per heavy atom. The second-order valence-electron chi connectivity index (χ2n) is 6.96. The molecule has 3 rings (SSSR count). The lowest BCUT2D eigenvalue weighted by atomic mass is 9.97. The molecule has 1 heterocycles. The van der Waals surface area contributed by atoms with Gasteiger partial charge in [0.25, 0.3) is 0 Å². The summed E-state index contributed by atoms with van der Waals surface area (Å²) in [5.74, 6) is 1.53. The maximum absolute atomic E-state index is 11.9. The van der Waals surface area contributed by atoms with Crippen LogP contribution < -0.4 is 5.32 Å². The van der Waals surface area contributed by atoms with E-state index in [4.69, 9.17) is 4.74 Å². The summed E-state index contributed by atoms with van der Waals surface area (Å²) in [7, 11) is 0. The second-order valence-corrected chi connectivity index (χ2v) is 7.87. The van der Waals surface area contributed by atoms with Crippen LogP contribution in [0.3, 0.4) is 0 Å². The average Bonchev–Trinajstić information content (AvgIpc) is 3.41. The number of esters is 1. The van der Waals surface area contributed by atoms with E-state index in [2.05, 4.69) is 62.3 Å². The number of piperidine rings is 1. The Bertz CT molecular complexity index is 645. The number of carbonyl (C=O) groups excluding carboxylic acids is 1. The third-order valence-corrected chi connectivity index (χ3v) is 5.65. The molecule has 0 spiro atoms. The molecule has 1 N–H and O–H groups in total. The summed E-state index contributed by atoms with van der Waals surface area (Å²) in [5.41, 5.74) is 1.38. The zero-order chi connectivity index (χ0) is 18.5. The lowest BCUT2D eigenvalue weighted by molar-refractivity contribution is -0.149. The van der Waals surface area contributed by atoms with Crippen molar-refractivity contribution in [3.63, 3.8) is 0 Å². The molecule has 27 heavy (non-hydrogen) atoms. The van der Waals surface area contributed by atoms with E-state index >= 15 is 0 Å². The normalized spacial score (nSPS) is 22.8. The van der Waals surface area contributed by atoms with E-state index in [0.29, 0.717) is 18.6 Å². The lowest BCUT2D eigenvalue weighted by Gasteiger charge is -2.33. The van der Waals surface area contributed by atoms with Crippen molar-refractivity contribution in [3.05, 3.63) is 34.3 Å². The fourth-order valence-corrected chi connectivity index (χ4v) is 3.84. The van der Waals surface area contributed by atoms with Crippen molar-refractivity contribution in [1.29, 1.82) is 0 Å². The molecule has 150 valence electrons. The maximum atomic E-state index is 11.9. The highest BCUT2D eigenvalue weighted by atomic mass is 127. The van der Waals surface area contributed by atoms with Gasteiger partial charge in [0.2, 0.25) is 0 Å². The van der Waals surface area contributed by atoms with Crippen molar-refractivity contribution in [2.45, 2.75) is 45.1 Å². The van der Waals surface area contributed by atoms with Crippen LogP contribution in [0.2, 0.25) is 0 Å². The SMILES string of the molecule is CCN=C(NC1CC1c1ccc(Br)cc1)N1CCC(C(=O)OCC)CC1.I. The minimum absolute atomic E-state index is 0. The molecule has 0 aromatic heterocycles. The monoisotopic (exact) mass is 549 g/mol. The first kappa shape index (κ1) is 22.5. The van der Waals surface area contributed by atoms with Gasteiger partial charge < -0.3 is 15.0 Å². The van der Waals surface area contributed by atoms with Crippen LogP contribution in [0, 0.1) is 5.92 Å². The fraction of sp³-hybridized carbons (Fsp3) is 0.600. The Labute approximate surface area is 187 Å². The molecule has 2 unspecified atom stereocenters. The van der Waals surface area contributed by atoms with E-state index in [1.165, 1.54) is 5.56 Å². The molecule has 2 fully saturated rings. The number of rotatable bonds is 5. The minimum Gasteiger partial charge on any atom is -0.466 e. The van der Waals surface area contributed by atoms with E-state index in [-0.39, 0.29) is 35.9 Å². The number of likely N-dealkylation sites (tertiary alicyclic amines) is 1. The van der Waals surface area contributed by atoms with E-state index in [9.17, 15) is 4.79 Å². The number of benzene rings is 1. The summed E-state index contributed by atoms with van der Waals surface area (Å²) < 4.78 is 6.28. The van der Waals surface area contributed by atoms with Gasteiger partial charge in [0.05, 0.1) is 12.5 Å². The zero-order valence-electron chi connectivity index (χ0n) is 16.0. The number of halogens is 2. The highest BCUT2D eigenvalue weighted by Gasteiger charge is 2.40. The van der Waals surface area contributed by atoms with Crippen LogP contribution in [0.1, 0.15) is 44.6 Å². The largest absolute Gasteiger partial charge is 0.466 e. The van der Waals surface area contributed by atoms with Crippen LogP contribution in [0.25, 0.3) is 0 Å². The molecule has 1 aromatic rings. The molecular weight excluding hydrogens is 521 g/mol. The van der Waals surface area contributed by atoms with Crippen LogP contribution >= 0.6 is 39.9 Å². The highest BCUT2D eigenvalue weighted by molar-refractivity contribution is 14.0. The van der Waals surface area contributed by atoms with Crippen LogP contribution in [0.4, 0.5) is 0 Å². The van der Waals surface area contributed by atoms with Gasteiger partial charge in [-0.3, -0.25) is 9.79 Å². The van der Waals surface area contributed by atoms with E-state index in [1.807, 2.05) is 6.92 Å². The molecule has 1 saturated heterocycles. The van der Waals surface area contributed by atoms with E-state index in [1.54, 1.807) is 0 Å². The average molecular weight is 550 g/mol. The summed E-state index contributed by atoms with van der Waals surface area (Å²) in [6, 6.07) is 9.04. The van der Waals surface area contributed by atoms with Crippen LogP contribution in [0.15, 0.2) is 33.7 Å². The topological polar surface area (TPSA) is 53.9 Å². The Kier molecular flexibility index (Phi) is 8.85. The van der Waals surface area contributed by atoms with Crippen molar-refractivity contribution in [1.82, 2.24) is 10.2 Å². The van der Waals surface area contributed by atoms with Crippen molar-refractivity contribution >= 4 is 51.8 Å². The Balaban J connectivity index is 0.00000261. The number of aliphatic imine (C=N–C) groups is 1. The quantitative estimate of drug-likeness (QED) is 0.259. The first-order valence-corrected chi connectivity index (χ1v) is 10.4. The van der Waals surface area contributed by atoms with Gasteiger partial charge in [0.15, 0.2) is 5.96 Å². The molecule has 5 nitrogen and oxygen atoms in total. The summed E-state index contributed by atoms with van der Waals surface area (Å²) in [6.45, 7) is 6.85. The third kappa shape index (κ3) is 6.07. The van der Waals surface area contributed by atoms with Gasteiger partial charge in [0, 0.05) is 36.1 Å². The van der Waals surface area contributed by atoms with Crippen LogP contribution in [-0.4, -0.2) is 49.1 Å². The van der Waals surface area contributed by atoms with Gasteiger partial charge in [-0.15, -0.1) is 24.0 Å². The predicted molar refractivity (Wildman–Crippen MR) is 123 cm³/mol. The lowest BCUT2D eigenvalue weighted by Crippen LogP contribution is -2.47. The third-order valence-electron chi connectivity index (χ3n) is 5.13. The zero-order valence-corrected chi connectivity index (χ0v) is 19.9. The Morgan fingerprint density at radius 3 is 2.52 bits per heavy atom. The number of ether oxygens (including phenoxy) is 1. The highest BCUT2D eigenvalue weighted by Crippen LogP contribution is 2.41. The number of hydrogen-bond acceptors (Lipinski definition) is 3. The standard InChI is InChI=1S/C20H28BrN3O2.HI/c1-3-22-20(24-11-9-15(10-12-24)19(25)26-4-2)23-18-13-17(18)14-5-7-16(21)8-6-14;/h5-8,15,17-18H,3-4,9-13H2,1-2H3,(H,22,23);1H. The smallest absolute Gasteiger partial charge is 0.309 e. The summed E-state index contributed by atoms with van der Waals surface area (Å²) in [5, 5.41) is 3.64. The van der Waals surface area contributed by atoms with Crippen LogP contribution in [-0.2, 0) is 9.53 Å². The second kappa shape index (κ2) is 10.6.